The van der Waals surface area contributed by atoms with Crippen LogP contribution in [0.1, 0.15) is 61.4 Å². The number of carbonyl (C=O) groups excluding carboxylic acids is 2. The lowest BCUT2D eigenvalue weighted by Gasteiger charge is -2.21. The molecular formula is C29H36N4O4. The van der Waals surface area contributed by atoms with Gasteiger partial charge in [-0.2, -0.15) is 0 Å². The summed E-state index contributed by atoms with van der Waals surface area (Å²) in [6.45, 7) is 10.1. The van der Waals surface area contributed by atoms with Gasteiger partial charge in [0.15, 0.2) is 0 Å². The SMILES string of the molecule is CCOC(=O)C[C@H](NC(=O)Nc1c(CC(C)C)nc(C)n(Cc2ccccc2)c1=O)c1ccc(C)cc1. The molecule has 2 N–H and O–H groups in total. The molecule has 1 heterocycles. The molecule has 0 saturated carbocycles. The highest BCUT2D eigenvalue weighted by Gasteiger charge is 2.22. The summed E-state index contributed by atoms with van der Waals surface area (Å²) < 4.78 is 6.67. The molecule has 0 aliphatic carbocycles. The van der Waals surface area contributed by atoms with E-state index in [0.29, 0.717) is 24.5 Å². The molecule has 8 heteroatoms. The van der Waals surface area contributed by atoms with E-state index in [1.807, 2.05) is 75.4 Å². The Morgan fingerprint density at radius 1 is 1.03 bits per heavy atom. The minimum absolute atomic E-state index is 0.0342. The van der Waals surface area contributed by atoms with Gasteiger partial charge in [-0.05, 0) is 44.2 Å². The Kier molecular flexibility index (Phi) is 9.60. The van der Waals surface area contributed by atoms with E-state index in [-0.39, 0.29) is 30.2 Å². The molecule has 0 spiro atoms. The highest BCUT2D eigenvalue weighted by Crippen LogP contribution is 2.20. The number of ether oxygens (including phenoxy) is 1. The van der Waals surface area contributed by atoms with Gasteiger partial charge >= 0.3 is 12.0 Å². The number of hydrogen-bond acceptors (Lipinski definition) is 5. The van der Waals surface area contributed by atoms with Crippen LogP contribution in [0.15, 0.2) is 59.4 Å². The van der Waals surface area contributed by atoms with Crippen molar-refractivity contribution in [1.29, 1.82) is 0 Å². The standard InChI is InChI=1S/C29H36N4O4/c1-6-37-26(34)17-24(23-14-12-20(4)13-15-23)31-29(36)32-27-25(16-19(2)3)30-21(5)33(28(27)35)18-22-10-8-7-9-11-22/h7-15,19,24H,6,16-18H2,1-5H3,(H2,31,32,36)/t24-/m0/s1. The number of hydrogen-bond donors (Lipinski definition) is 2. The van der Waals surface area contributed by atoms with Gasteiger partial charge in [-0.25, -0.2) is 9.78 Å². The first-order valence-electron chi connectivity index (χ1n) is 12.6. The van der Waals surface area contributed by atoms with E-state index in [0.717, 1.165) is 16.7 Å². The summed E-state index contributed by atoms with van der Waals surface area (Å²) in [5.74, 6) is 0.385. The molecule has 0 bridgehead atoms. The molecule has 0 aliphatic heterocycles. The highest BCUT2D eigenvalue weighted by atomic mass is 16.5. The van der Waals surface area contributed by atoms with Crippen LogP contribution in [0.2, 0.25) is 0 Å². The predicted molar refractivity (Wildman–Crippen MR) is 145 cm³/mol. The molecule has 3 rings (SSSR count). The summed E-state index contributed by atoms with van der Waals surface area (Å²) in [6.07, 6.45) is 0.496. The molecule has 1 aromatic heterocycles. The summed E-state index contributed by atoms with van der Waals surface area (Å²) >= 11 is 0. The third-order valence-corrected chi connectivity index (χ3v) is 5.92. The predicted octanol–water partition coefficient (Wildman–Crippen LogP) is 4.92. The fourth-order valence-electron chi connectivity index (χ4n) is 4.07. The minimum atomic E-state index is -0.627. The number of aryl methyl sites for hydroxylation is 2. The Morgan fingerprint density at radius 2 is 1.70 bits per heavy atom. The van der Waals surface area contributed by atoms with Crippen LogP contribution in [-0.2, 0) is 22.5 Å². The van der Waals surface area contributed by atoms with Gasteiger partial charge in [0.2, 0.25) is 0 Å². The van der Waals surface area contributed by atoms with Gasteiger partial charge in [0.1, 0.15) is 11.5 Å². The Morgan fingerprint density at radius 3 is 2.32 bits per heavy atom. The molecule has 0 aliphatic rings. The molecule has 0 unspecified atom stereocenters. The number of urea groups is 1. The first kappa shape index (κ1) is 27.6. The zero-order chi connectivity index (χ0) is 26.9. The molecule has 196 valence electrons. The highest BCUT2D eigenvalue weighted by molar-refractivity contribution is 5.90. The average molecular weight is 505 g/mol. The lowest BCUT2D eigenvalue weighted by molar-refractivity contribution is -0.143. The molecule has 2 amide bonds. The van der Waals surface area contributed by atoms with Gasteiger partial charge in [-0.1, -0.05) is 74.0 Å². The van der Waals surface area contributed by atoms with Crippen molar-refractivity contribution < 1.29 is 14.3 Å². The average Bonchev–Trinajstić information content (AvgIpc) is 2.85. The zero-order valence-corrected chi connectivity index (χ0v) is 22.2. The smallest absolute Gasteiger partial charge is 0.319 e. The quantitative estimate of drug-likeness (QED) is 0.382. The maximum Gasteiger partial charge on any atom is 0.319 e. The van der Waals surface area contributed by atoms with Crippen molar-refractivity contribution in [2.45, 2.75) is 60.0 Å². The van der Waals surface area contributed by atoms with Gasteiger partial charge in [0, 0.05) is 0 Å². The van der Waals surface area contributed by atoms with Crippen LogP contribution in [0, 0.1) is 19.8 Å². The van der Waals surface area contributed by atoms with Crippen LogP contribution in [0.3, 0.4) is 0 Å². The Balaban J connectivity index is 1.92. The molecule has 1 atom stereocenters. The third kappa shape index (κ3) is 7.77. The van der Waals surface area contributed by atoms with Crippen molar-refractivity contribution in [3.05, 3.63) is 93.2 Å². The van der Waals surface area contributed by atoms with E-state index < -0.39 is 18.0 Å². The lowest BCUT2D eigenvalue weighted by atomic mass is 10.0. The molecule has 37 heavy (non-hydrogen) atoms. The van der Waals surface area contributed by atoms with Crippen molar-refractivity contribution in [3.8, 4) is 0 Å². The summed E-state index contributed by atoms with van der Waals surface area (Å²) in [5, 5.41) is 5.61. The van der Waals surface area contributed by atoms with E-state index in [4.69, 9.17) is 4.74 Å². The van der Waals surface area contributed by atoms with Gasteiger partial charge in [0.05, 0.1) is 31.3 Å². The summed E-state index contributed by atoms with van der Waals surface area (Å²) in [4.78, 5) is 43.7. The van der Waals surface area contributed by atoms with E-state index in [1.165, 1.54) is 0 Å². The third-order valence-electron chi connectivity index (χ3n) is 5.92. The summed E-state index contributed by atoms with van der Waals surface area (Å²) in [6, 6.07) is 16.0. The molecule has 0 radical (unpaired) electrons. The Bertz CT molecular complexity index is 1270. The van der Waals surface area contributed by atoms with Gasteiger partial charge in [0.25, 0.3) is 5.56 Å². The Hall–Kier alpha value is -3.94. The Labute approximate surface area is 218 Å². The van der Waals surface area contributed by atoms with Crippen LogP contribution in [-0.4, -0.2) is 28.2 Å². The first-order valence-corrected chi connectivity index (χ1v) is 12.6. The summed E-state index contributed by atoms with van der Waals surface area (Å²) in [7, 11) is 0. The van der Waals surface area contributed by atoms with Crippen molar-refractivity contribution in [3.63, 3.8) is 0 Å². The van der Waals surface area contributed by atoms with E-state index in [1.54, 1.807) is 18.4 Å². The minimum Gasteiger partial charge on any atom is -0.466 e. The second kappa shape index (κ2) is 12.9. The number of anilines is 1. The fourth-order valence-corrected chi connectivity index (χ4v) is 4.07. The van der Waals surface area contributed by atoms with Crippen LogP contribution >= 0.6 is 0 Å². The van der Waals surface area contributed by atoms with Crippen molar-refractivity contribution in [2.24, 2.45) is 5.92 Å². The van der Waals surface area contributed by atoms with Gasteiger partial charge in [-0.3, -0.25) is 14.2 Å². The van der Waals surface area contributed by atoms with Gasteiger partial charge < -0.3 is 15.4 Å². The number of aromatic nitrogens is 2. The number of carbonyl (C=O) groups is 2. The van der Waals surface area contributed by atoms with E-state index in [9.17, 15) is 14.4 Å². The largest absolute Gasteiger partial charge is 0.466 e. The number of amides is 2. The van der Waals surface area contributed by atoms with Crippen molar-refractivity contribution >= 4 is 17.7 Å². The number of esters is 1. The molecule has 8 nitrogen and oxygen atoms in total. The topological polar surface area (TPSA) is 102 Å². The summed E-state index contributed by atoms with van der Waals surface area (Å²) in [5.41, 5.74) is 3.14. The molecule has 2 aromatic carbocycles. The molecular weight excluding hydrogens is 468 g/mol. The van der Waals surface area contributed by atoms with Crippen LogP contribution in [0.25, 0.3) is 0 Å². The number of nitrogens with zero attached hydrogens (tertiary/aromatic N) is 2. The van der Waals surface area contributed by atoms with Crippen LogP contribution in [0.4, 0.5) is 10.5 Å². The second-order valence-electron chi connectivity index (χ2n) is 9.53. The fraction of sp³-hybridized carbons (Fsp3) is 0.379. The number of benzene rings is 2. The van der Waals surface area contributed by atoms with E-state index in [2.05, 4.69) is 15.6 Å². The number of rotatable bonds is 10. The van der Waals surface area contributed by atoms with E-state index >= 15 is 0 Å². The van der Waals surface area contributed by atoms with Crippen LogP contribution < -0.4 is 16.2 Å². The molecule has 3 aromatic rings. The lowest BCUT2D eigenvalue weighted by Crippen LogP contribution is -2.38. The maximum atomic E-state index is 13.6. The first-order chi connectivity index (χ1) is 17.7. The van der Waals surface area contributed by atoms with Crippen LogP contribution in [0.5, 0.6) is 0 Å². The maximum absolute atomic E-state index is 13.6. The monoisotopic (exact) mass is 504 g/mol. The zero-order valence-electron chi connectivity index (χ0n) is 22.2. The molecule has 0 fully saturated rings. The number of nitrogens with one attached hydrogen (secondary N) is 2. The normalized spacial score (nSPS) is 11.7. The van der Waals surface area contributed by atoms with Crippen molar-refractivity contribution in [2.75, 3.05) is 11.9 Å². The van der Waals surface area contributed by atoms with Gasteiger partial charge in [-0.15, -0.1) is 0 Å². The molecule has 0 saturated heterocycles. The van der Waals surface area contributed by atoms with Crippen molar-refractivity contribution in [1.82, 2.24) is 14.9 Å². The second-order valence-corrected chi connectivity index (χ2v) is 9.53.